The Morgan fingerprint density at radius 3 is 2.55 bits per heavy atom. The van der Waals surface area contributed by atoms with Crippen LogP contribution in [0.5, 0.6) is 11.5 Å². The van der Waals surface area contributed by atoms with Gasteiger partial charge in [-0.15, -0.1) is 0 Å². The van der Waals surface area contributed by atoms with Crippen LogP contribution in [0.15, 0.2) is 77.7 Å². The molecule has 3 aromatic rings. The molecule has 0 bridgehead atoms. The number of nitrogens with zero attached hydrogens (tertiary/aromatic N) is 1. The largest absolute Gasteiger partial charge is 0.494 e. The number of carbonyl (C=O) groups excluding carboxylic acids is 1. The van der Waals surface area contributed by atoms with Gasteiger partial charge in [0.05, 0.1) is 23.7 Å². The number of amides is 1. The summed E-state index contributed by atoms with van der Waals surface area (Å²) >= 11 is 0. The Labute approximate surface area is 194 Å². The van der Waals surface area contributed by atoms with E-state index in [0.29, 0.717) is 30.3 Å². The number of hydrogen-bond acceptors (Lipinski definition) is 5. The number of hydrogen-bond donors (Lipinski definition) is 1. The molecule has 7 nitrogen and oxygen atoms in total. The zero-order valence-corrected chi connectivity index (χ0v) is 19.3. The maximum Gasteiger partial charge on any atom is 0.264 e. The summed E-state index contributed by atoms with van der Waals surface area (Å²) in [5.74, 6) is 0.600. The molecule has 0 saturated heterocycles. The fourth-order valence-electron chi connectivity index (χ4n) is 3.69. The molecule has 3 aromatic carbocycles. The first-order valence-corrected chi connectivity index (χ1v) is 12.2. The number of aryl methyl sites for hydroxylation is 1. The molecule has 8 heteroatoms. The molecule has 1 aliphatic rings. The molecule has 0 spiro atoms. The van der Waals surface area contributed by atoms with E-state index in [0.717, 1.165) is 11.1 Å². The second-order valence-corrected chi connectivity index (χ2v) is 9.54. The number of para-hydroxylation sites is 2. The summed E-state index contributed by atoms with van der Waals surface area (Å²) in [6.45, 7) is 4.36. The van der Waals surface area contributed by atoms with E-state index in [1.54, 1.807) is 43.3 Å². The number of ether oxygens (including phenoxy) is 2. The van der Waals surface area contributed by atoms with Gasteiger partial charge < -0.3 is 14.8 Å². The van der Waals surface area contributed by atoms with Gasteiger partial charge in [0.2, 0.25) is 0 Å². The van der Waals surface area contributed by atoms with Crippen LogP contribution in [-0.2, 0) is 21.4 Å². The number of sulfonamides is 1. The van der Waals surface area contributed by atoms with Gasteiger partial charge >= 0.3 is 0 Å². The highest BCUT2D eigenvalue weighted by molar-refractivity contribution is 7.92. The summed E-state index contributed by atoms with van der Waals surface area (Å²) in [5.41, 5.74) is 2.06. The van der Waals surface area contributed by atoms with Crippen molar-refractivity contribution in [3.63, 3.8) is 0 Å². The molecule has 1 atom stereocenters. The molecule has 1 aliphatic heterocycles. The zero-order chi connectivity index (χ0) is 23.4. The highest BCUT2D eigenvalue weighted by Gasteiger charge is 2.37. The Hall–Kier alpha value is -3.52. The fraction of sp³-hybridized carbons (Fsp3) is 0.240. The molecular weight excluding hydrogens is 440 g/mol. The van der Waals surface area contributed by atoms with E-state index in [2.05, 4.69) is 5.32 Å². The summed E-state index contributed by atoms with van der Waals surface area (Å²) in [7, 11) is -3.95. The SMILES string of the molecule is CCOc1ccc(S(=O)(=O)N2CC(C(=O)NCc3ccccc3)Oc3ccccc32)cc1C. The molecule has 1 heterocycles. The minimum Gasteiger partial charge on any atom is -0.494 e. The monoisotopic (exact) mass is 466 g/mol. The lowest BCUT2D eigenvalue weighted by Crippen LogP contribution is -2.50. The first-order valence-electron chi connectivity index (χ1n) is 10.7. The predicted molar refractivity (Wildman–Crippen MR) is 126 cm³/mol. The van der Waals surface area contributed by atoms with Gasteiger partial charge in [-0.2, -0.15) is 0 Å². The second-order valence-electron chi connectivity index (χ2n) is 7.67. The Bertz CT molecular complexity index is 1240. The van der Waals surface area contributed by atoms with Crippen LogP contribution in [0.3, 0.4) is 0 Å². The van der Waals surface area contributed by atoms with Gasteiger partial charge in [-0.3, -0.25) is 9.10 Å². The van der Waals surface area contributed by atoms with Crippen molar-refractivity contribution in [2.24, 2.45) is 0 Å². The average Bonchev–Trinajstić information content (AvgIpc) is 2.83. The molecule has 33 heavy (non-hydrogen) atoms. The molecule has 0 aliphatic carbocycles. The molecule has 1 amide bonds. The van der Waals surface area contributed by atoms with Gasteiger partial charge in [-0.25, -0.2) is 8.42 Å². The Morgan fingerprint density at radius 1 is 1.09 bits per heavy atom. The van der Waals surface area contributed by atoms with E-state index in [1.165, 1.54) is 10.4 Å². The minimum absolute atomic E-state index is 0.128. The van der Waals surface area contributed by atoms with Gasteiger partial charge in [0.15, 0.2) is 6.10 Å². The fourth-order valence-corrected chi connectivity index (χ4v) is 5.25. The Kier molecular flexibility index (Phi) is 6.55. The van der Waals surface area contributed by atoms with E-state index in [-0.39, 0.29) is 17.3 Å². The second kappa shape index (κ2) is 9.54. The number of nitrogens with one attached hydrogen (secondary N) is 1. The minimum atomic E-state index is -3.95. The Morgan fingerprint density at radius 2 is 1.82 bits per heavy atom. The van der Waals surface area contributed by atoms with Gasteiger partial charge in [-0.05, 0) is 55.3 Å². The molecule has 172 valence electrons. The standard InChI is InChI=1S/C25H26N2O5S/c1-3-31-22-14-13-20(15-18(22)2)33(29,30)27-17-24(32-23-12-8-7-11-21(23)27)25(28)26-16-19-9-5-4-6-10-19/h4-15,24H,3,16-17H2,1-2H3,(H,26,28). The molecule has 1 unspecified atom stereocenters. The Balaban J connectivity index is 1.61. The quantitative estimate of drug-likeness (QED) is 0.574. The van der Waals surface area contributed by atoms with E-state index in [9.17, 15) is 13.2 Å². The van der Waals surface area contributed by atoms with Crippen molar-refractivity contribution in [1.82, 2.24) is 5.32 Å². The summed E-state index contributed by atoms with van der Waals surface area (Å²) < 4.78 is 39.9. The molecular formula is C25H26N2O5S. The van der Waals surface area contributed by atoms with Crippen LogP contribution >= 0.6 is 0 Å². The van der Waals surface area contributed by atoms with Crippen molar-refractivity contribution >= 4 is 21.6 Å². The molecule has 0 saturated carbocycles. The van der Waals surface area contributed by atoms with E-state index in [4.69, 9.17) is 9.47 Å². The summed E-state index contributed by atoms with van der Waals surface area (Å²) in [6.07, 6.45) is -0.984. The van der Waals surface area contributed by atoms with Gasteiger partial charge in [0.25, 0.3) is 15.9 Å². The maximum absolute atomic E-state index is 13.6. The third-order valence-corrected chi connectivity index (χ3v) is 7.15. The van der Waals surface area contributed by atoms with Crippen molar-refractivity contribution in [3.05, 3.63) is 83.9 Å². The normalized spacial score (nSPS) is 15.3. The van der Waals surface area contributed by atoms with Crippen molar-refractivity contribution in [2.45, 2.75) is 31.4 Å². The van der Waals surface area contributed by atoms with E-state index >= 15 is 0 Å². The van der Waals surface area contributed by atoms with Crippen LogP contribution in [-0.4, -0.2) is 33.6 Å². The molecule has 0 aromatic heterocycles. The van der Waals surface area contributed by atoms with Crippen molar-refractivity contribution < 1.29 is 22.7 Å². The number of anilines is 1. The first-order chi connectivity index (χ1) is 15.9. The smallest absolute Gasteiger partial charge is 0.264 e. The van der Waals surface area contributed by atoms with Crippen LogP contribution in [0.4, 0.5) is 5.69 Å². The van der Waals surface area contributed by atoms with E-state index < -0.39 is 16.1 Å². The molecule has 4 rings (SSSR count). The molecule has 0 fully saturated rings. The van der Waals surface area contributed by atoms with Gasteiger partial charge in [-0.1, -0.05) is 42.5 Å². The lowest BCUT2D eigenvalue weighted by atomic mass is 10.2. The zero-order valence-electron chi connectivity index (χ0n) is 18.5. The lowest BCUT2D eigenvalue weighted by molar-refractivity contribution is -0.127. The van der Waals surface area contributed by atoms with Crippen LogP contribution in [0.25, 0.3) is 0 Å². The third kappa shape index (κ3) is 4.80. The van der Waals surface area contributed by atoms with Crippen LogP contribution in [0.2, 0.25) is 0 Å². The highest BCUT2D eigenvalue weighted by Crippen LogP contribution is 2.37. The number of rotatable bonds is 7. The van der Waals surface area contributed by atoms with Crippen molar-refractivity contribution in [1.29, 1.82) is 0 Å². The number of benzene rings is 3. The summed E-state index contributed by atoms with van der Waals surface area (Å²) in [6, 6.07) is 21.1. The van der Waals surface area contributed by atoms with Crippen molar-refractivity contribution in [2.75, 3.05) is 17.5 Å². The summed E-state index contributed by atoms with van der Waals surface area (Å²) in [5, 5.41) is 2.84. The first kappa shape index (κ1) is 22.7. The maximum atomic E-state index is 13.6. The topological polar surface area (TPSA) is 84.9 Å². The summed E-state index contributed by atoms with van der Waals surface area (Å²) in [4.78, 5) is 13.0. The number of fused-ring (bicyclic) bond motifs is 1. The van der Waals surface area contributed by atoms with Gasteiger partial charge in [0.1, 0.15) is 11.5 Å². The van der Waals surface area contributed by atoms with E-state index in [1.807, 2.05) is 37.3 Å². The van der Waals surface area contributed by atoms with Crippen molar-refractivity contribution in [3.8, 4) is 11.5 Å². The van der Waals surface area contributed by atoms with Gasteiger partial charge in [0, 0.05) is 6.54 Å². The van der Waals surface area contributed by atoms with Crippen LogP contribution in [0, 0.1) is 6.92 Å². The average molecular weight is 467 g/mol. The lowest BCUT2D eigenvalue weighted by Gasteiger charge is -2.34. The third-order valence-electron chi connectivity index (χ3n) is 5.37. The highest BCUT2D eigenvalue weighted by atomic mass is 32.2. The van der Waals surface area contributed by atoms with Crippen LogP contribution in [0.1, 0.15) is 18.1 Å². The number of carbonyl (C=O) groups is 1. The predicted octanol–water partition coefficient (Wildman–Crippen LogP) is 3.67. The molecule has 1 N–H and O–H groups in total. The van der Waals surface area contributed by atoms with Crippen LogP contribution < -0.4 is 19.1 Å². The molecule has 0 radical (unpaired) electrons.